The second kappa shape index (κ2) is 11.6. The number of hydrogen-bond donors (Lipinski definition) is 0. The van der Waals surface area contributed by atoms with Gasteiger partial charge in [0.05, 0.1) is 16.7 Å². The molecule has 0 fully saturated rings. The van der Waals surface area contributed by atoms with Crippen LogP contribution in [-0.2, 0) is 37.8 Å². The summed E-state index contributed by atoms with van der Waals surface area (Å²) in [4.78, 5) is 0. The molecular formula is C30H29F9. The molecule has 0 aliphatic heterocycles. The van der Waals surface area contributed by atoms with Crippen molar-refractivity contribution in [2.75, 3.05) is 0 Å². The van der Waals surface area contributed by atoms with Crippen molar-refractivity contribution in [3.8, 4) is 22.3 Å². The van der Waals surface area contributed by atoms with Crippen LogP contribution < -0.4 is 0 Å². The molecule has 0 N–H and O–H groups in total. The molecule has 0 aliphatic carbocycles. The molecule has 0 saturated carbocycles. The van der Waals surface area contributed by atoms with Crippen LogP contribution in [0.3, 0.4) is 0 Å². The molecule has 9 heteroatoms. The highest BCUT2D eigenvalue weighted by Crippen LogP contribution is 2.46. The number of aryl methyl sites for hydroxylation is 3. The second-order valence-corrected chi connectivity index (χ2v) is 9.55. The van der Waals surface area contributed by atoms with Crippen molar-refractivity contribution in [1.29, 1.82) is 0 Å². The lowest BCUT2D eigenvalue weighted by Gasteiger charge is -2.23. The fraction of sp³-hybridized carbons (Fsp3) is 0.400. The zero-order chi connectivity index (χ0) is 29.2. The van der Waals surface area contributed by atoms with E-state index in [1.807, 2.05) is 6.92 Å². The van der Waals surface area contributed by atoms with E-state index in [1.54, 1.807) is 13.8 Å². The maximum absolute atomic E-state index is 14.5. The van der Waals surface area contributed by atoms with Crippen LogP contribution in [0.15, 0.2) is 48.5 Å². The first-order valence-corrected chi connectivity index (χ1v) is 12.8. The van der Waals surface area contributed by atoms with E-state index in [-0.39, 0.29) is 35.1 Å². The third-order valence-electron chi connectivity index (χ3n) is 6.53. The lowest BCUT2D eigenvalue weighted by molar-refractivity contribution is -0.138. The molecule has 0 spiro atoms. The Kier molecular flexibility index (Phi) is 9.13. The molecule has 3 aromatic rings. The molecule has 0 atom stereocenters. The summed E-state index contributed by atoms with van der Waals surface area (Å²) in [5, 5.41) is 0. The van der Waals surface area contributed by atoms with Gasteiger partial charge in [0.15, 0.2) is 0 Å². The topological polar surface area (TPSA) is 0 Å². The van der Waals surface area contributed by atoms with E-state index in [4.69, 9.17) is 0 Å². The zero-order valence-corrected chi connectivity index (χ0v) is 21.8. The molecule has 0 bridgehead atoms. The van der Waals surface area contributed by atoms with Crippen LogP contribution >= 0.6 is 0 Å². The van der Waals surface area contributed by atoms with Gasteiger partial charge in [-0.1, -0.05) is 58.2 Å². The molecule has 0 unspecified atom stereocenters. The summed E-state index contributed by atoms with van der Waals surface area (Å²) in [6, 6.07) is 7.97. The van der Waals surface area contributed by atoms with Crippen molar-refractivity contribution in [3.63, 3.8) is 0 Å². The van der Waals surface area contributed by atoms with Crippen LogP contribution in [-0.4, -0.2) is 0 Å². The van der Waals surface area contributed by atoms with E-state index in [0.29, 0.717) is 48.9 Å². The van der Waals surface area contributed by atoms with Crippen LogP contribution in [0.4, 0.5) is 39.5 Å². The van der Waals surface area contributed by atoms with Crippen LogP contribution in [0, 0.1) is 0 Å². The van der Waals surface area contributed by atoms with Gasteiger partial charge in [-0.3, -0.25) is 0 Å². The van der Waals surface area contributed by atoms with Crippen molar-refractivity contribution in [3.05, 3.63) is 81.9 Å². The lowest BCUT2D eigenvalue weighted by Crippen LogP contribution is -2.13. The smallest absolute Gasteiger partial charge is 0.166 e. The number of hydrogen-bond acceptors (Lipinski definition) is 0. The average Bonchev–Trinajstić information content (AvgIpc) is 2.82. The third kappa shape index (κ3) is 6.97. The minimum atomic E-state index is -5.04. The quantitative estimate of drug-likeness (QED) is 0.241. The summed E-state index contributed by atoms with van der Waals surface area (Å²) < 4.78 is 126. The Labute approximate surface area is 221 Å². The predicted octanol–water partition coefficient (Wildman–Crippen LogP) is 10.9. The lowest BCUT2D eigenvalue weighted by atomic mass is 9.84. The molecular weight excluding hydrogens is 531 g/mol. The molecule has 0 aliphatic rings. The van der Waals surface area contributed by atoms with Gasteiger partial charge in [0, 0.05) is 0 Å². The normalized spacial score (nSPS) is 12.7. The van der Waals surface area contributed by atoms with Crippen LogP contribution in [0.5, 0.6) is 0 Å². The summed E-state index contributed by atoms with van der Waals surface area (Å²) in [6.07, 6.45) is -12.4. The maximum Gasteiger partial charge on any atom is 0.417 e. The SMILES string of the molecule is CCCc1ccc(C(F)(F)F)c(-c2cc(C(F)(F)F)c(-c3cc(C(F)(F)F)ccc3CCC)cc2CCC)c1. The Morgan fingerprint density at radius 2 is 1.00 bits per heavy atom. The molecule has 3 aromatic carbocycles. The Bertz CT molecular complexity index is 1300. The predicted molar refractivity (Wildman–Crippen MR) is 134 cm³/mol. The molecule has 212 valence electrons. The first-order valence-electron chi connectivity index (χ1n) is 12.8. The molecule has 39 heavy (non-hydrogen) atoms. The van der Waals surface area contributed by atoms with Crippen molar-refractivity contribution >= 4 is 0 Å². The number of halogens is 9. The summed E-state index contributed by atoms with van der Waals surface area (Å²) in [7, 11) is 0. The fourth-order valence-electron chi connectivity index (χ4n) is 4.83. The van der Waals surface area contributed by atoms with Crippen molar-refractivity contribution in [2.45, 2.75) is 77.8 Å². The van der Waals surface area contributed by atoms with Gasteiger partial charge in [0.1, 0.15) is 0 Å². The van der Waals surface area contributed by atoms with Crippen LogP contribution in [0.25, 0.3) is 22.3 Å². The number of rotatable bonds is 8. The highest BCUT2D eigenvalue weighted by molar-refractivity contribution is 5.81. The standard InChI is InChI=1S/C30H29F9/c1-4-7-18-10-13-26(29(34,35)36)24(14-18)23-17-27(30(37,38)39)25(15-20(23)9-6-3)22-16-21(28(31,32)33)12-11-19(22)8-5-2/h10-17H,4-9H2,1-3H3. The Morgan fingerprint density at radius 1 is 0.462 bits per heavy atom. The average molecular weight is 561 g/mol. The first kappa shape index (κ1) is 30.6. The number of alkyl halides is 9. The Morgan fingerprint density at radius 3 is 1.54 bits per heavy atom. The molecule has 0 radical (unpaired) electrons. The molecule has 0 saturated heterocycles. The van der Waals surface area contributed by atoms with E-state index >= 15 is 0 Å². The highest BCUT2D eigenvalue weighted by atomic mass is 19.4. The van der Waals surface area contributed by atoms with Gasteiger partial charge in [0.2, 0.25) is 0 Å². The minimum Gasteiger partial charge on any atom is -0.166 e. The van der Waals surface area contributed by atoms with Gasteiger partial charge in [-0.25, -0.2) is 0 Å². The maximum atomic E-state index is 14.5. The van der Waals surface area contributed by atoms with Gasteiger partial charge in [-0.2, -0.15) is 39.5 Å². The summed E-state index contributed by atoms with van der Waals surface area (Å²) in [6.45, 7) is 5.31. The van der Waals surface area contributed by atoms with Gasteiger partial charge in [-0.15, -0.1) is 0 Å². The van der Waals surface area contributed by atoms with Crippen molar-refractivity contribution in [2.24, 2.45) is 0 Å². The molecule has 0 nitrogen and oxygen atoms in total. The minimum absolute atomic E-state index is 0.137. The van der Waals surface area contributed by atoms with E-state index in [1.165, 1.54) is 18.2 Å². The number of benzene rings is 3. The van der Waals surface area contributed by atoms with Crippen molar-refractivity contribution in [1.82, 2.24) is 0 Å². The molecule has 0 amide bonds. The molecule has 0 aromatic heterocycles. The van der Waals surface area contributed by atoms with Gasteiger partial charge < -0.3 is 0 Å². The van der Waals surface area contributed by atoms with Gasteiger partial charge in [-0.05, 0) is 88.5 Å². The summed E-state index contributed by atoms with van der Waals surface area (Å²) in [5.74, 6) is 0. The van der Waals surface area contributed by atoms with Crippen molar-refractivity contribution < 1.29 is 39.5 Å². The highest BCUT2D eigenvalue weighted by Gasteiger charge is 2.39. The summed E-state index contributed by atoms with van der Waals surface area (Å²) in [5.41, 5.74) is -3.67. The van der Waals surface area contributed by atoms with E-state index in [0.717, 1.165) is 18.2 Å². The van der Waals surface area contributed by atoms with Gasteiger partial charge in [0.25, 0.3) is 0 Å². The fourth-order valence-corrected chi connectivity index (χ4v) is 4.83. The Hall–Kier alpha value is -2.97. The zero-order valence-electron chi connectivity index (χ0n) is 21.8. The largest absolute Gasteiger partial charge is 0.417 e. The van der Waals surface area contributed by atoms with Crippen LogP contribution in [0.2, 0.25) is 0 Å². The van der Waals surface area contributed by atoms with Gasteiger partial charge >= 0.3 is 18.5 Å². The second-order valence-electron chi connectivity index (χ2n) is 9.55. The third-order valence-corrected chi connectivity index (χ3v) is 6.53. The Balaban J connectivity index is 2.46. The first-order chi connectivity index (χ1) is 18.1. The summed E-state index contributed by atoms with van der Waals surface area (Å²) >= 11 is 0. The van der Waals surface area contributed by atoms with E-state index in [9.17, 15) is 39.5 Å². The molecule has 0 heterocycles. The van der Waals surface area contributed by atoms with E-state index < -0.39 is 40.8 Å². The molecule has 3 rings (SSSR count). The monoisotopic (exact) mass is 560 g/mol. The van der Waals surface area contributed by atoms with E-state index in [2.05, 4.69) is 0 Å². The van der Waals surface area contributed by atoms with Crippen LogP contribution in [0.1, 0.15) is 73.4 Å².